The van der Waals surface area contributed by atoms with E-state index in [9.17, 15) is 62.3 Å². The molecule has 0 aromatic heterocycles. The lowest BCUT2D eigenvalue weighted by Crippen LogP contribution is -2.57. The summed E-state index contributed by atoms with van der Waals surface area (Å²) in [6.45, 7) is 1.74. The first-order valence-corrected chi connectivity index (χ1v) is 10.2. The van der Waals surface area contributed by atoms with Crippen LogP contribution >= 0.6 is 0 Å². The maximum Gasteiger partial charge on any atom is 0.453 e. The van der Waals surface area contributed by atoms with Crippen molar-refractivity contribution >= 4 is 11.9 Å². The highest BCUT2D eigenvalue weighted by Gasteiger charge is 2.74. The molecule has 0 aliphatic carbocycles. The third-order valence-electron chi connectivity index (χ3n) is 4.54. The summed E-state index contributed by atoms with van der Waals surface area (Å²) in [5.74, 6) is -14.6. The van der Waals surface area contributed by atoms with Crippen molar-refractivity contribution in [1.82, 2.24) is 0 Å². The zero-order chi connectivity index (χ0) is 30.9. The number of halogens is 12. The number of hydrogen-bond donors (Lipinski definition) is 0. The van der Waals surface area contributed by atoms with E-state index in [0.717, 1.165) is 13.8 Å². The molecule has 2 rings (SSSR count). The van der Waals surface area contributed by atoms with Gasteiger partial charge in [0.25, 0.3) is 0 Å². The minimum atomic E-state index is -7.06. The first kappa shape index (κ1) is 32.7. The Balaban J connectivity index is 2.29. The maximum absolute atomic E-state index is 14.2. The standard InChI is InChI=1S/C22H14F12O6/c1-11(35)37-15-7-3-13(4-8-15)17(23,24)19(27,28)39-21(31,32)22(33,34)40-20(29,30)18(25,26)14-5-9-16(10-6-14)38-12(2)36/h3-10H,1-2H3. The minimum absolute atomic E-state index is 0.101. The molecule has 0 unspecified atom stereocenters. The smallest absolute Gasteiger partial charge is 0.427 e. The van der Waals surface area contributed by atoms with Gasteiger partial charge in [0, 0.05) is 25.0 Å². The average molecular weight is 602 g/mol. The van der Waals surface area contributed by atoms with Gasteiger partial charge in [-0.3, -0.25) is 9.59 Å². The molecule has 0 saturated carbocycles. The molecular weight excluding hydrogens is 588 g/mol. The summed E-state index contributed by atoms with van der Waals surface area (Å²) in [6.07, 6.45) is -27.3. The zero-order valence-electron chi connectivity index (χ0n) is 19.6. The Hall–Kier alpha value is -3.54. The average Bonchev–Trinajstić information content (AvgIpc) is 2.77. The van der Waals surface area contributed by atoms with Crippen molar-refractivity contribution in [3.05, 3.63) is 59.7 Å². The van der Waals surface area contributed by atoms with Gasteiger partial charge in [-0.05, 0) is 48.5 Å². The van der Waals surface area contributed by atoms with Gasteiger partial charge in [-0.15, -0.1) is 0 Å². The quantitative estimate of drug-likeness (QED) is 0.160. The third-order valence-corrected chi connectivity index (χ3v) is 4.54. The Morgan fingerprint density at radius 1 is 0.475 bits per heavy atom. The Morgan fingerprint density at radius 3 is 0.950 bits per heavy atom. The Morgan fingerprint density at radius 2 is 0.725 bits per heavy atom. The lowest BCUT2D eigenvalue weighted by atomic mass is 10.1. The molecule has 0 aliphatic heterocycles. The second-order valence-corrected chi connectivity index (χ2v) is 7.66. The minimum Gasteiger partial charge on any atom is -0.427 e. The van der Waals surface area contributed by atoms with Crippen LogP contribution in [0.1, 0.15) is 25.0 Å². The Kier molecular flexibility index (Phi) is 8.82. The third kappa shape index (κ3) is 6.78. The molecule has 0 radical (unpaired) electrons. The number of ether oxygens (including phenoxy) is 4. The van der Waals surface area contributed by atoms with Crippen LogP contribution in [0.4, 0.5) is 52.7 Å². The van der Waals surface area contributed by atoms with Crippen molar-refractivity contribution in [2.24, 2.45) is 0 Å². The van der Waals surface area contributed by atoms with Crippen molar-refractivity contribution in [2.45, 2.75) is 50.1 Å². The normalized spacial score (nSPS) is 13.7. The number of carbonyl (C=O) groups is 2. The molecule has 0 atom stereocenters. The molecule has 0 aliphatic rings. The monoisotopic (exact) mass is 602 g/mol. The molecule has 0 spiro atoms. The number of alkyl halides is 12. The van der Waals surface area contributed by atoms with Gasteiger partial charge in [-0.25, -0.2) is 9.47 Å². The van der Waals surface area contributed by atoms with Crippen LogP contribution in [0.3, 0.4) is 0 Å². The summed E-state index contributed by atoms with van der Waals surface area (Å²) in [4.78, 5) is 21.6. The predicted octanol–water partition coefficient (Wildman–Crippen LogP) is 6.83. The SMILES string of the molecule is CC(=O)Oc1ccc(C(F)(F)C(F)(F)OC(F)(F)C(F)(F)OC(F)(F)C(F)(F)c2ccc(OC(C)=O)cc2)cc1. The van der Waals surface area contributed by atoms with Crippen LogP contribution in [0.5, 0.6) is 11.5 Å². The van der Waals surface area contributed by atoms with E-state index in [0.29, 0.717) is 24.3 Å². The van der Waals surface area contributed by atoms with Gasteiger partial charge in [0.2, 0.25) is 0 Å². The highest BCUT2D eigenvalue weighted by atomic mass is 19.4. The summed E-state index contributed by atoms with van der Waals surface area (Å²) in [5.41, 5.74) is -3.72. The summed E-state index contributed by atoms with van der Waals surface area (Å²) >= 11 is 0. The van der Waals surface area contributed by atoms with E-state index in [1.807, 2.05) is 0 Å². The van der Waals surface area contributed by atoms with E-state index in [4.69, 9.17) is 0 Å². The van der Waals surface area contributed by atoms with E-state index >= 15 is 0 Å². The van der Waals surface area contributed by atoms with Gasteiger partial charge < -0.3 is 9.47 Å². The lowest BCUT2D eigenvalue weighted by Gasteiger charge is -2.35. The maximum atomic E-state index is 14.2. The van der Waals surface area contributed by atoms with Crippen LogP contribution in [0.15, 0.2) is 48.5 Å². The van der Waals surface area contributed by atoms with Gasteiger partial charge in [0.1, 0.15) is 11.5 Å². The molecule has 6 nitrogen and oxygen atoms in total. The fraction of sp³-hybridized carbons (Fsp3) is 0.364. The zero-order valence-corrected chi connectivity index (χ0v) is 19.6. The first-order valence-electron chi connectivity index (χ1n) is 10.2. The molecule has 222 valence electrons. The second-order valence-electron chi connectivity index (χ2n) is 7.66. The van der Waals surface area contributed by atoms with E-state index in [1.165, 1.54) is 0 Å². The van der Waals surface area contributed by atoms with Crippen molar-refractivity contribution in [3.8, 4) is 11.5 Å². The van der Waals surface area contributed by atoms with E-state index in [1.54, 1.807) is 0 Å². The van der Waals surface area contributed by atoms with Gasteiger partial charge in [0.05, 0.1) is 0 Å². The van der Waals surface area contributed by atoms with E-state index in [-0.39, 0.29) is 24.3 Å². The van der Waals surface area contributed by atoms with Crippen molar-refractivity contribution in [2.75, 3.05) is 0 Å². The fourth-order valence-electron chi connectivity index (χ4n) is 2.70. The molecule has 0 N–H and O–H groups in total. The topological polar surface area (TPSA) is 71.1 Å². The van der Waals surface area contributed by atoms with Gasteiger partial charge in [-0.2, -0.15) is 52.7 Å². The van der Waals surface area contributed by atoms with Gasteiger partial charge >= 0.3 is 48.2 Å². The van der Waals surface area contributed by atoms with Crippen molar-refractivity contribution < 1.29 is 81.2 Å². The van der Waals surface area contributed by atoms with Gasteiger partial charge in [0.15, 0.2) is 0 Å². The molecule has 0 saturated heterocycles. The van der Waals surface area contributed by atoms with Gasteiger partial charge in [-0.1, -0.05) is 0 Å². The highest BCUT2D eigenvalue weighted by molar-refractivity contribution is 5.69. The lowest BCUT2D eigenvalue weighted by molar-refractivity contribution is -0.542. The predicted molar refractivity (Wildman–Crippen MR) is 105 cm³/mol. The Labute approximate surface area is 215 Å². The number of carbonyl (C=O) groups excluding carboxylic acids is 2. The van der Waals surface area contributed by atoms with E-state index in [2.05, 4.69) is 18.9 Å². The van der Waals surface area contributed by atoms with Crippen LogP contribution in [-0.4, -0.2) is 36.4 Å². The van der Waals surface area contributed by atoms with E-state index < -0.39 is 70.8 Å². The molecule has 0 amide bonds. The van der Waals surface area contributed by atoms with Crippen LogP contribution in [-0.2, 0) is 30.9 Å². The molecule has 40 heavy (non-hydrogen) atoms. The van der Waals surface area contributed by atoms with Crippen molar-refractivity contribution in [1.29, 1.82) is 0 Å². The van der Waals surface area contributed by atoms with Crippen LogP contribution < -0.4 is 9.47 Å². The van der Waals surface area contributed by atoms with Crippen LogP contribution in [0.25, 0.3) is 0 Å². The molecule has 18 heteroatoms. The molecule has 2 aromatic carbocycles. The molecule has 0 bridgehead atoms. The molecule has 0 heterocycles. The van der Waals surface area contributed by atoms with Crippen molar-refractivity contribution in [3.63, 3.8) is 0 Å². The number of hydrogen-bond acceptors (Lipinski definition) is 6. The number of benzene rings is 2. The molecular formula is C22H14F12O6. The summed E-state index contributed by atoms with van der Waals surface area (Å²) < 4.78 is 181. The van der Waals surface area contributed by atoms with Crippen LogP contribution in [0, 0.1) is 0 Å². The van der Waals surface area contributed by atoms with Crippen LogP contribution in [0.2, 0.25) is 0 Å². The first-order chi connectivity index (χ1) is 17.9. The second kappa shape index (κ2) is 10.8. The Bertz CT molecular complexity index is 1120. The largest absolute Gasteiger partial charge is 0.453 e. The summed E-state index contributed by atoms with van der Waals surface area (Å²) in [7, 11) is 0. The summed E-state index contributed by atoms with van der Waals surface area (Å²) in [6, 6.07) is 2.34. The highest BCUT2D eigenvalue weighted by Crippen LogP contribution is 2.53. The summed E-state index contributed by atoms with van der Waals surface area (Å²) in [5, 5.41) is 0. The number of esters is 2. The molecule has 0 fully saturated rings. The molecule has 2 aromatic rings. The fourth-order valence-corrected chi connectivity index (χ4v) is 2.70. The number of rotatable bonds is 11.